The van der Waals surface area contributed by atoms with Gasteiger partial charge < -0.3 is 4.74 Å². The number of carbonyl (C=O) groups excluding carboxylic acids is 1. The van der Waals surface area contributed by atoms with Gasteiger partial charge in [-0.1, -0.05) is 18.2 Å². The standard InChI is InChI=1S/C13H15FO2/c1-3-16-13(15)6-4-5-11-7-8-12(14)10(2)9-11/h4-5,7-9H,3,6H2,1-2H3. The van der Waals surface area contributed by atoms with Gasteiger partial charge in [0.05, 0.1) is 13.0 Å². The van der Waals surface area contributed by atoms with Gasteiger partial charge in [-0.15, -0.1) is 0 Å². The van der Waals surface area contributed by atoms with Crippen molar-refractivity contribution in [3.63, 3.8) is 0 Å². The molecule has 86 valence electrons. The summed E-state index contributed by atoms with van der Waals surface area (Å²) in [4.78, 5) is 11.0. The number of carbonyl (C=O) groups is 1. The van der Waals surface area contributed by atoms with Crippen LogP contribution in [0.15, 0.2) is 24.3 Å². The summed E-state index contributed by atoms with van der Waals surface area (Å²) in [7, 11) is 0. The average Bonchev–Trinajstić information content (AvgIpc) is 2.24. The van der Waals surface area contributed by atoms with Gasteiger partial charge in [-0.2, -0.15) is 0 Å². The predicted molar refractivity (Wildman–Crippen MR) is 61.4 cm³/mol. The molecule has 0 atom stereocenters. The Morgan fingerprint density at radius 3 is 2.88 bits per heavy atom. The molecule has 1 aromatic rings. The van der Waals surface area contributed by atoms with E-state index in [0.717, 1.165) is 5.56 Å². The smallest absolute Gasteiger partial charge is 0.309 e. The van der Waals surface area contributed by atoms with Crippen molar-refractivity contribution >= 4 is 12.0 Å². The zero-order valence-electron chi connectivity index (χ0n) is 9.50. The molecule has 0 aliphatic heterocycles. The Labute approximate surface area is 94.7 Å². The monoisotopic (exact) mass is 222 g/mol. The highest BCUT2D eigenvalue weighted by atomic mass is 19.1. The minimum Gasteiger partial charge on any atom is -0.466 e. The Balaban J connectivity index is 2.56. The molecule has 0 amide bonds. The van der Waals surface area contributed by atoms with Crippen LogP contribution in [0.4, 0.5) is 4.39 Å². The van der Waals surface area contributed by atoms with Crippen molar-refractivity contribution in [1.29, 1.82) is 0 Å². The van der Waals surface area contributed by atoms with E-state index in [0.29, 0.717) is 12.2 Å². The van der Waals surface area contributed by atoms with Gasteiger partial charge in [0, 0.05) is 0 Å². The second-order valence-electron chi connectivity index (χ2n) is 3.42. The number of halogens is 1. The summed E-state index contributed by atoms with van der Waals surface area (Å²) >= 11 is 0. The number of hydrogen-bond acceptors (Lipinski definition) is 2. The molecule has 1 aromatic carbocycles. The summed E-state index contributed by atoms with van der Waals surface area (Å²) in [5.74, 6) is -0.472. The average molecular weight is 222 g/mol. The predicted octanol–water partition coefficient (Wildman–Crippen LogP) is 3.10. The fourth-order valence-corrected chi connectivity index (χ4v) is 1.28. The first kappa shape index (κ1) is 12.4. The van der Waals surface area contributed by atoms with Gasteiger partial charge in [0.1, 0.15) is 5.82 Å². The SMILES string of the molecule is CCOC(=O)CC=Cc1ccc(F)c(C)c1. The van der Waals surface area contributed by atoms with E-state index in [4.69, 9.17) is 4.74 Å². The van der Waals surface area contributed by atoms with Crippen molar-refractivity contribution in [1.82, 2.24) is 0 Å². The molecule has 0 heterocycles. The van der Waals surface area contributed by atoms with E-state index >= 15 is 0 Å². The quantitative estimate of drug-likeness (QED) is 0.732. The van der Waals surface area contributed by atoms with Crippen molar-refractivity contribution in [3.05, 3.63) is 41.2 Å². The normalized spacial score (nSPS) is 10.7. The maximum Gasteiger partial charge on any atom is 0.309 e. The third kappa shape index (κ3) is 3.85. The summed E-state index contributed by atoms with van der Waals surface area (Å²) in [6, 6.07) is 4.82. The summed E-state index contributed by atoms with van der Waals surface area (Å²) in [5.41, 5.74) is 1.47. The molecule has 1 rings (SSSR count). The van der Waals surface area contributed by atoms with E-state index in [1.54, 1.807) is 38.1 Å². The number of ether oxygens (including phenoxy) is 1. The lowest BCUT2D eigenvalue weighted by molar-refractivity contribution is -0.142. The number of benzene rings is 1. The Hall–Kier alpha value is -1.64. The fraction of sp³-hybridized carbons (Fsp3) is 0.308. The topological polar surface area (TPSA) is 26.3 Å². The second kappa shape index (κ2) is 6.05. The van der Waals surface area contributed by atoms with Crippen LogP contribution in [-0.2, 0) is 9.53 Å². The van der Waals surface area contributed by atoms with Crippen LogP contribution in [0.3, 0.4) is 0 Å². The van der Waals surface area contributed by atoms with Crippen LogP contribution in [0.1, 0.15) is 24.5 Å². The molecular formula is C13H15FO2. The van der Waals surface area contributed by atoms with Crippen molar-refractivity contribution in [2.45, 2.75) is 20.3 Å². The summed E-state index contributed by atoms with van der Waals surface area (Å²) in [6.07, 6.45) is 3.73. The summed E-state index contributed by atoms with van der Waals surface area (Å²) in [6.45, 7) is 3.87. The van der Waals surface area contributed by atoms with Crippen LogP contribution >= 0.6 is 0 Å². The van der Waals surface area contributed by atoms with Gasteiger partial charge in [0.15, 0.2) is 0 Å². The third-order valence-corrected chi connectivity index (χ3v) is 2.08. The lowest BCUT2D eigenvalue weighted by Crippen LogP contribution is -2.01. The van der Waals surface area contributed by atoms with E-state index in [2.05, 4.69) is 0 Å². The van der Waals surface area contributed by atoms with E-state index < -0.39 is 0 Å². The van der Waals surface area contributed by atoms with Crippen LogP contribution in [0.25, 0.3) is 6.08 Å². The Morgan fingerprint density at radius 2 is 2.25 bits per heavy atom. The largest absolute Gasteiger partial charge is 0.466 e. The summed E-state index contributed by atoms with van der Waals surface area (Å²) < 4.78 is 17.7. The van der Waals surface area contributed by atoms with Crippen molar-refractivity contribution in [3.8, 4) is 0 Å². The van der Waals surface area contributed by atoms with E-state index in [1.807, 2.05) is 0 Å². The molecule has 0 aromatic heterocycles. The van der Waals surface area contributed by atoms with Crippen molar-refractivity contribution in [2.24, 2.45) is 0 Å². The molecule has 0 saturated carbocycles. The number of aryl methyl sites for hydroxylation is 1. The van der Waals surface area contributed by atoms with Gasteiger partial charge in [0.2, 0.25) is 0 Å². The first-order valence-corrected chi connectivity index (χ1v) is 5.21. The van der Waals surface area contributed by atoms with Crippen molar-refractivity contribution < 1.29 is 13.9 Å². The molecule has 2 nitrogen and oxygen atoms in total. The van der Waals surface area contributed by atoms with Crippen molar-refractivity contribution in [2.75, 3.05) is 6.61 Å². The molecule has 0 spiro atoms. The van der Waals surface area contributed by atoms with E-state index in [1.165, 1.54) is 6.07 Å². The van der Waals surface area contributed by atoms with Crippen LogP contribution in [0.5, 0.6) is 0 Å². The van der Waals surface area contributed by atoms with Crippen LogP contribution < -0.4 is 0 Å². The molecule has 0 bridgehead atoms. The highest BCUT2D eigenvalue weighted by Gasteiger charge is 1.98. The van der Waals surface area contributed by atoms with Gasteiger partial charge in [-0.25, -0.2) is 4.39 Å². The maximum atomic E-state index is 13.0. The lowest BCUT2D eigenvalue weighted by Gasteiger charge is -1.99. The molecule has 0 radical (unpaired) electrons. The first-order valence-electron chi connectivity index (χ1n) is 5.21. The molecule has 0 saturated heterocycles. The zero-order valence-corrected chi connectivity index (χ0v) is 9.50. The minimum atomic E-state index is -0.252. The van der Waals surface area contributed by atoms with Gasteiger partial charge in [-0.3, -0.25) is 4.79 Å². The van der Waals surface area contributed by atoms with Gasteiger partial charge >= 0.3 is 5.97 Å². The molecule has 0 fully saturated rings. The number of esters is 1. The van der Waals surface area contributed by atoms with E-state index in [-0.39, 0.29) is 18.2 Å². The first-order chi connectivity index (χ1) is 7.63. The molecule has 3 heteroatoms. The lowest BCUT2D eigenvalue weighted by atomic mass is 10.1. The molecule has 16 heavy (non-hydrogen) atoms. The molecule has 0 aliphatic carbocycles. The summed E-state index contributed by atoms with van der Waals surface area (Å²) in [5, 5.41) is 0. The Morgan fingerprint density at radius 1 is 1.50 bits per heavy atom. The molecule has 0 unspecified atom stereocenters. The zero-order chi connectivity index (χ0) is 12.0. The third-order valence-electron chi connectivity index (χ3n) is 2.08. The number of hydrogen-bond donors (Lipinski definition) is 0. The van der Waals surface area contributed by atoms with Crippen LogP contribution in [-0.4, -0.2) is 12.6 Å². The van der Waals surface area contributed by atoms with Gasteiger partial charge in [-0.05, 0) is 37.1 Å². The Kier molecular flexibility index (Phi) is 4.70. The fourth-order valence-electron chi connectivity index (χ4n) is 1.28. The maximum absolute atomic E-state index is 13.0. The highest BCUT2D eigenvalue weighted by Crippen LogP contribution is 2.10. The van der Waals surface area contributed by atoms with E-state index in [9.17, 15) is 9.18 Å². The molecular weight excluding hydrogens is 207 g/mol. The Bertz CT molecular complexity index is 397. The van der Waals surface area contributed by atoms with Crippen LogP contribution in [0.2, 0.25) is 0 Å². The van der Waals surface area contributed by atoms with Crippen LogP contribution in [0, 0.1) is 12.7 Å². The van der Waals surface area contributed by atoms with Gasteiger partial charge in [0.25, 0.3) is 0 Å². The minimum absolute atomic E-state index is 0.220. The highest BCUT2D eigenvalue weighted by molar-refractivity contribution is 5.72. The number of rotatable bonds is 4. The molecule has 0 N–H and O–H groups in total. The molecule has 0 aliphatic rings. The second-order valence-corrected chi connectivity index (χ2v) is 3.42.